The van der Waals surface area contributed by atoms with Gasteiger partial charge in [0.05, 0.1) is 0 Å². The van der Waals surface area contributed by atoms with Gasteiger partial charge in [-0.1, -0.05) is 18.2 Å². The number of nitrogens with one attached hydrogen (secondary N) is 2. The Morgan fingerprint density at radius 1 is 1.17 bits per heavy atom. The number of hydrogen-bond donors (Lipinski definition) is 2. The second-order valence-corrected chi connectivity index (χ2v) is 4.79. The van der Waals surface area contributed by atoms with E-state index in [2.05, 4.69) is 15.4 Å². The molecule has 0 saturated carbocycles. The molecule has 0 saturated heterocycles. The predicted molar refractivity (Wildman–Crippen MR) is 80.1 cm³/mol. The summed E-state index contributed by atoms with van der Waals surface area (Å²) >= 11 is 0. The molecule has 0 unspecified atom stereocenters. The Balaban J connectivity index is 1.88. The lowest BCUT2D eigenvalue weighted by Crippen LogP contribution is -2.28. The minimum absolute atomic E-state index is 0.0450. The first kappa shape index (κ1) is 16.7. The van der Waals surface area contributed by atoms with E-state index in [1.165, 1.54) is 24.3 Å². The number of alkyl halides is 2. The monoisotopic (exact) mass is 324 g/mol. The Morgan fingerprint density at radius 3 is 2.52 bits per heavy atom. The topological polar surface area (TPSA) is 50.4 Å². The van der Waals surface area contributed by atoms with Crippen LogP contribution in [0.5, 0.6) is 5.75 Å². The molecule has 2 N–H and O–H groups in total. The van der Waals surface area contributed by atoms with E-state index in [1.54, 1.807) is 25.1 Å². The van der Waals surface area contributed by atoms with Gasteiger partial charge < -0.3 is 15.4 Å². The maximum absolute atomic E-state index is 13.1. The van der Waals surface area contributed by atoms with Crippen molar-refractivity contribution in [3.05, 3.63) is 59.4 Å². The van der Waals surface area contributed by atoms with Crippen LogP contribution in [-0.2, 0) is 6.54 Å². The lowest BCUT2D eigenvalue weighted by atomic mass is 10.2. The Hall–Kier alpha value is -2.70. The molecule has 0 fully saturated rings. The highest BCUT2D eigenvalue weighted by atomic mass is 19.3. The Morgan fingerprint density at radius 2 is 1.87 bits per heavy atom. The lowest BCUT2D eigenvalue weighted by molar-refractivity contribution is -0.0498. The number of urea groups is 1. The van der Waals surface area contributed by atoms with Crippen molar-refractivity contribution < 1.29 is 22.7 Å². The van der Waals surface area contributed by atoms with E-state index in [4.69, 9.17) is 0 Å². The molecule has 2 rings (SSSR count). The second kappa shape index (κ2) is 7.53. The number of anilines is 1. The van der Waals surface area contributed by atoms with Crippen LogP contribution >= 0.6 is 0 Å². The third-order valence-electron chi connectivity index (χ3n) is 3.05. The van der Waals surface area contributed by atoms with Crippen LogP contribution in [0.25, 0.3) is 0 Å². The summed E-state index contributed by atoms with van der Waals surface area (Å²) in [7, 11) is 0. The van der Waals surface area contributed by atoms with Crippen LogP contribution in [0.1, 0.15) is 11.1 Å². The zero-order chi connectivity index (χ0) is 16.8. The molecule has 0 atom stereocenters. The van der Waals surface area contributed by atoms with Crippen LogP contribution in [0.2, 0.25) is 0 Å². The van der Waals surface area contributed by atoms with E-state index in [9.17, 15) is 18.0 Å². The van der Waals surface area contributed by atoms with Crippen molar-refractivity contribution in [1.29, 1.82) is 0 Å². The molecule has 0 spiro atoms. The summed E-state index contributed by atoms with van der Waals surface area (Å²) in [6.45, 7) is -0.939. The van der Waals surface area contributed by atoms with Gasteiger partial charge in [-0.3, -0.25) is 0 Å². The van der Waals surface area contributed by atoms with Gasteiger partial charge in [0, 0.05) is 12.2 Å². The molecule has 0 aromatic heterocycles. The van der Waals surface area contributed by atoms with Gasteiger partial charge in [-0.15, -0.1) is 0 Å². The number of aryl methyl sites for hydroxylation is 1. The lowest BCUT2D eigenvalue weighted by Gasteiger charge is -2.10. The summed E-state index contributed by atoms with van der Waals surface area (Å²) < 4.78 is 41.4. The highest BCUT2D eigenvalue weighted by Gasteiger charge is 2.07. The summed E-state index contributed by atoms with van der Waals surface area (Å²) in [5, 5.41) is 5.14. The molecule has 2 aromatic carbocycles. The number of rotatable bonds is 5. The zero-order valence-corrected chi connectivity index (χ0v) is 12.3. The van der Waals surface area contributed by atoms with E-state index >= 15 is 0 Å². The van der Waals surface area contributed by atoms with Gasteiger partial charge in [0.1, 0.15) is 11.6 Å². The molecule has 0 aliphatic carbocycles. The Bertz CT molecular complexity index is 676. The molecule has 122 valence electrons. The molecule has 0 bridgehead atoms. The molecule has 4 nitrogen and oxygen atoms in total. The van der Waals surface area contributed by atoms with Crippen LogP contribution in [0.4, 0.5) is 23.7 Å². The molecule has 0 aliphatic rings. The molecule has 2 aromatic rings. The summed E-state index contributed by atoms with van der Waals surface area (Å²) in [5.74, 6) is -0.399. The maximum atomic E-state index is 13.1. The van der Waals surface area contributed by atoms with Crippen molar-refractivity contribution in [2.45, 2.75) is 20.1 Å². The van der Waals surface area contributed by atoms with Crippen molar-refractivity contribution >= 4 is 11.7 Å². The Kier molecular flexibility index (Phi) is 5.46. The predicted octanol–water partition coefficient (Wildman–Crippen LogP) is 4.06. The summed E-state index contributed by atoms with van der Waals surface area (Å²) in [6, 6.07) is 9.50. The first-order chi connectivity index (χ1) is 10.9. The van der Waals surface area contributed by atoms with E-state index in [1.807, 2.05) is 0 Å². The number of hydrogen-bond acceptors (Lipinski definition) is 2. The van der Waals surface area contributed by atoms with E-state index in [0.717, 1.165) is 5.56 Å². The van der Waals surface area contributed by atoms with Gasteiger partial charge >= 0.3 is 12.6 Å². The first-order valence-corrected chi connectivity index (χ1v) is 6.79. The third-order valence-corrected chi connectivity index (χ3v) is 3.05. The first-order valence-electron chi connectivity index (χ1n) is 6.79. The quantitative estimate of drug-likeness (QED) is 0.871. The van der Waals surface area contributed by atoms with Crippen molar-refractivity contribution in [1.82, 2.24) is 5.32 Å². The van der Waals surface area contributed by atoms with Gasteiger partial charge in [0.15, 0.2) is 0 Å². The highest BCUT2D eigenvalue weighted by molar-refractivity contribution is 5.90. The molecule has 0 radical (unpaired) electrons. The SMILES string of the molecule is Cc1ccc(F)cc1NC(=O)NCc1ccc(OC(F)F)cc1. The van der Waals surface area contributed by atoms with Crippen molar-refractivity contribution in [3.63, 3.8) is 0 Å². The highest BCUT2D eigenvalue weighted by Crippen LogP contribution is 2.16. The second-order valence-electron chi connectivity index (χ2n) is 4.79. The molecular weight excluding hydrogens is 309 g/mol. The minimum Gasteiger partial charge on any atom is -0.435 e. The largest absolute Gasteiger partial charge is 0.435 e. The summed E-state index contributed by atoms with van der Waals surface area (Å²) in [6.07, 6.45) is 0. The molecule has 2 amide bonds. The van der Waals surface area contributed by atoms with Crippen molar-refractivity contribution in [2.24, 2.45) is 0 Å². The number of halogens is 3. The van der Waals surface area contributed by atoms with Gasteiger partial charge in [0.25, 0.3) is 0 Å². The molecule has 0 aliphatic heterocycles. The average Bonchev–Trinajstić information content (AvgIpc) is 2.50. The number of ether oxygens (including phenoxy) is 1. The zero-order valence-electron chi connectivity index (χ0n) is 12.3. The van der Waals surface area contributed by atoms with Crippen molar-refractivity contribution in [2.75, 3.05) is 5.32 Å². The van der Waals surface area contributed by atoms with Crippen LogP contribution in [-0.4, -0.2) is 12.6 Å². The minimum atomic E-state index is -2.88. The van der Waals surface area contributed by atoms with E-state index in [-0.39, 0.29) is 12.3 Å². The fourth-order valence-corrected chi connectivity index (χ4v) is 1.87. The van der Waals surface area contributed by atoms with Crippen molar-refractivity contribution in [3.8, 4) is 5.75 Å². The molecular formula is C16H15F3N2O2. The van der Waals surface area contributed by atoms with Gasteiger partial charge in [-0.2, -0.15) is 8.78 Å². The molecule has 0 heterocycles. The van der Waals surface area contributed by atoms with Gasteiger partial charge in [-0.05, 0) is 42.3 Å². The Labute approximate surface area is 131 Å². The van der Waals surface area contributed by atoms with E-state index in [0.29, 0.717) is 11.3 Å². The number of benzene rings is 2. The maximum Gasteiger partial charge on any atom is 0.387 e. The normalized spacial score (nSPS) is 10.5. The van der Waals surface area contributed by atoms with Crippen LogP contribution in [0.15, 0.2) is 42.5 Å². The summed E-state index contributed by atoms with van der Waals surface area (Å²) in [4.78, 5) is 11.8. The molecule has 23 heavy (non-hydrogen) atoms. The van der Waals surface area contributed by atoms with Crippen LogP contribution in [0, 0.1) is 12.7 Å². The number of carbonyl (C=O) groups is 1. The fraction of sp³-hybridized carbons (Fsp3) is 0.188. The standard InChI is InChI=1S/C16H15F3N2O2/c1-10-2-5-12(17)8-14(10)21-16(22)20-9-11-3-6-13(7-4-11)23-15(18)19/h2-8,15H,9H2,1H3,(H2,20,21,22). The fourth-order valence-electron chi connectivity index (χ4n) is 1.87. The van der Waals surface area contributed by atoms with Crippen LogP contribution in [0.3, 0.4) is 0 Å². The van der Waals surface area contributed by atoms with E-state index < -0.39 is 18.5 Å². The van der Waals surface area contributed by atoms with Gasteiger partial charge in [-0.25, -0.2) is 9.18 Å². The smallest absolute Gasteiger partial charge is 0.387 e. The number of amides is 2. The number of carbonyl (C=O) groups excluding carboxylic acids is 1. The third kappa shape index (κ3) is 5.21. The molecule has 7 heteroatoms. The van der Waals surface area contributed by atoms with Gasteiger partial charge in [0.2, 0.25) is 0 Å². The average molecular weight is 324 g/mol. The summed E-state index contributed by atoms with van der Waals surface area (Å²) in [5.41, 5.74) is 1.82. The van der Waals surface area contributed by atoms with Crippen LogP contribution < -0.4 is 15.4 Å².